The average molecular weight is 183 g/mol. The molecule has 3 atom stereocenters. The second kappa shape index (κ2) is 4.43. The molecule has 0 radical (unpaired) electrons. The molecule has 2 aliphatic rings. The van der Waals surface area contributed by atoms with Crippen LogP contribution < -0.4 is 5.73 Å². The van der Waals surface area contributed by atoms with E-state index in [1.54, 1.807) is 0 Å². The van der Waals surface area contributed by atoms with Crippen LogP contribution in [0.3, 0.4) is 0 Å². The maximum absolute atomic E-state index is 5.88. The number of ether oxygens (including phenoxy) is 1. The van der Waals surface area contributed by atoms with Gasteiger partial charge in [0.25, 0.3) is 0 Å². The molecule has 0 aromatic carbocycles. The fourth-order valence-corrected chi connectivity index (χ4v) is 2.67. The topological polar surface area (TPSA) is 35.2 Å². The van der Waals surface area contributed by atoms with Crippen molar-refractivity contribution < 1.29 is 4.74 Å². The zero-order valence-corrected chi connectivity index (χ0v) is 8.37. The van der Waals surface area contributed by atoms with Gasteiger partial charge in [-0.25, -0.2) is 0 Å². The first kappa shape index (κ1) is 9.47. The second-order valence-electron chi connectivity index (χ2n) is 4.65. The quantitative estimate of drug-likeness (QED) is 0.727. The molecule has 13 heavy (non-hydrogen) atoms. The lowest BCUT2D eigenvalue weighted by Crippen LogP contribution is -2.15. The van der Waals surface area contributed by atoms with E-state index in [1.807, 2.05) is 0 Å². The van der Waals surface area contributed by atoms with Gasteiger partial charge in [0.2, 0.25) is 0 Å². The fourth-order valence-electron chi connectivity index (χ4n) is 2.67. The Hall–Kier alpha value is -0.0800. The van der Waals surface area contributed by atoms with E-state index < -0.39 is 0 Å². The summed E-state index contributed by atoms with van der Waals surface area (Å²) in [4.78, 5) is 0. The van der Waals surface area contributed by atoms with Crippen molar-refractivity contribution in [3.63, 3.8) is 0 Å². The first-order valence-corrected chi connectivity index (χ1v) is 5.72. The van der Waals surface area contributed by atoms with Crippen molar-refractivity contribution in [1.82, 2.24) is 0 Å². The number of rotatable bonds is 3. The number of hydrogen-bond acceptors (Lipinski definition) is 2. The highest BCUT2D eigenvalue weighted by Gasteiger charge is 2.23. The van der Waals surface area contributed by atoms with Crippen LogP contribution in [0.2, 0.25) is 0 Å². The summed E-state index contributed by atoms with van der Waals surface area (Å²) in [6.07, 6.45) is 9.62. The minimum absolute atomic E-state index is 0.495. The number of hydrogen-bond donors (Lipinski definition) is 1. The van der Waals surface area contributed by atoms with Gasteiger partial charge in [0.15, 0.2) is 0 Å². The summed E-state index contributed by atoms with van der Waals surface area (Å²) >= 11 is 0. The monoisotopic (exact) mass is 183 g/mol. The summed E-state index contributed by atoms with van der Waals surface area (Å²) in [5, 5.41) is 0. The van der Waals surface area contributed by atoms with E-state index >= 15 is 0 Å². The molecule has 0 amide bonds. The normalized spacial score (nSPS) is 39.9. The van der Waals surface area contributed by atoms with Crippen molar-refractivity contribution >= 4 is 0 Å². The summed E-state index contributed by atoms with van der Waals surface area (Å²) in [5.41, 5.74) is 5.88. The molecule has 0 aromatic heterocycles. The third kappa shape index (κ3) is 2.68. The van der Waals surface area contributed by atoms with Crippen molar-refractivity contribution in [3.8, 4) is 0 Å². The second-order valence-corrected chi connectivity index (χ2v) is 4.65. The third-order valence-corrected chi connectivity index (χ3v) is 3.50. The average Bonchev–Trinajstić information content (AvgIpc) is 2.71. The molecule has 2 fully saturated rings. The zero-order chi connectivity index (χ0) is 9.10. The van der Waals surface area contributed by atoms with Gasteiger partial charge in [-0.15, -0.1) is 0 Å². The molecule has 0 aromatic rings. The van der Waals surface area contributed by atoms with Crippen LogP contribution in [0.25, 0.3) is 0 Å². The van der Waals surface area contributed by atoms with Crippen LogP contribution in [0, 0.1) is 5.92 Å². The highest BCUT2D eigenvalue weighted by Crippen LogP contribution is 2.30. The molecule has 2 rings (SSSR count). The molecule has 0 spiro atoms. The Balaban J connectivity index is 1.62. The molecular formula is C11H21NO. The van der Waals surface area contributed by atoms with Gasteiger partial charge >= 0.3 is 0 Å². The van der Waals surface area contributed by atoms with Crippen LogP contribution in [-0.4, -0.2) is 18.8 Å². The predicted molar refractivity (Wildman–Crippen MR) is 53.5 cm³/mol. The largest absolute Gasteiger partial charge is 0.378 e. The molecule has 1 aliphatic heterocycles. The third-order valence-electron chi connectivity index (χ3n) is 3.50. The molecule has 2 N–H and O–H groups in total. The highest BCUT2D eigenvalue weighted by atomic mass is 16.5. The fraction of sp³-hybridized carbons (Fsp3) is 1.00. The van der Waals surface area contributed by atoms with Crippen molar-refractivity contribution in [1.29, 1.82) is 0 Å². The Labute approximate surface area is 80.8 Å². The molecule has 2 nitrogen and oxygen atoms in total. The maximum Gasteiger partial charge on any atom is 0.0576 e. The van der Waals surface area contributed by atoms with Gasteiger partial charge in [-0.05, 0) is 50.9 Å². The van der Waals surface area contributed by atoms with Crippen molar-refractivity contribution in [2.24, 2.45) is 11.7 Å². The van der Waals surface area contributed by atoms with Crippen molar-refractivity contribution in [2.45, 2.75) is 57.1 Å². The van der Waals surface area contributed by atoms with E-state index in [0.717, 1.165) is 12.5 Å². The van der Waals surface area contributed by atoms with Gasteiger partial charge in [0, 0.05) is 12.6 Å². The van der Waals surface area contributed by atoms with Crippen LogP contribution >= 0.6 is 0 Å². The maximum atomic E-state index is 5.88. The smallest absolute Gasteiger partial charge is 0.0576 e. The van der Waals surface area contributed by atoms with Gasteiger partial charge in [-0.2, -0.15) is 0 Å². The van der Waals surface area contributed by atoms with Gasteiger partial charge in [0.1, 0.15) is 0 Å². The van der Waals surface area contributed by atoms with Gasteiger partial charge in [-0.3, -0.25) is 0 Å². The van der Waals surface area contributed by atoms with Gasteiger partial charge < -0.3 is 10.5 Å². The standard InChI is InChI=1S/C11H21NO/c12-10-5-3-9(8-10)4-6-11-2-1-7-13-11/h9-11H,1-8,12H2. The molecule has 0 bridgehead atoms. The lowest BCUT2D eigenvalue weighted by molar-refractivity contribution is 0.0982. The SMILES string of the molecule is NC1CCC(CCC2CCCO2)C1. The lowest BCUT2D eigenvalue weighted by atomic mass is 9.98. The van der Waals surface area contributed by atoms with E-state index in [1.165, 1.54) is 44.9 Å². The van der Waals surface area contributed by atoms with Crippen molar-refractivity contribution in [3.05, 3.63) is 0 Å². The Morgan fingerprint density at radius 2 is 2.08 bits per heavy atom. The highest BCUT2D eigenvalue weighted by molar-refractivity contribution is 4.79. The van der Waals surface area contributed by atoms with E-state index in [9.17, 15) is 0 Å². The summed E-state index contributed by atoms with van der Waals surface area (Å²) in [6.45, 7) is 0.995. The molecule has 2 heteroatoms. The molecule has 3 unspecified atom stereocenters. The Morgan fingerprint density at radius 1 is 1.15 bits per heavy atom. The molecule has 76 valence electrons. The minimum Gasteiger partial charge on any atom is -0.378 e. The summed E-state index contributed by atoms with van der Waals surface area (Å²) < 4.78 is 5.61. The van der Waals surface area contributed by atoms with E-state index in [-0.39, 0.29) is 0 Å². The summed E-state index contributed by atoms with van der Waals surface area (Å²) in [7, 11) is 0. The molecule has 1 saturated heterocycles. The predicted octanol–water partition coefficient (Wildman–Crippen LogP) is 2.07. The van der Waals surface area contributed by atoms with E-state index in [0.29, 0.717) is 12.1 Å². The first-order valence-electron chi connectivity index (χ1n) is 5.72. The number of nitrogens with two attached hydrogens (primary N) is 1. The summed E-state index contributed by atoms with van der Waals surface area (Å²) in [5.74, 6) is 0.902. The van der Waals surface area contributed by atoms with Crippen LogP contribution in [0.1, 0.15) is 44.9 Å². The van der Waals surface area contributed by atoms with Gasteiger partial charge in [-0.1, -0.05) is 0 Å². The Morgan fingerprint density at radius 3 is 2.69 bits per heavy atom. The van der Waals surface area contributed by atoms with Crippen LogP contribution in [0.4, 0.5) is 0 Å². The zero-order valence-electron chi connectivity index (χ0n) is 8.37. The molecule has 1 aliphatic carbocycles. The first-order chi connectivity index (χ1) is 6.34. The minimum atomic E-state index is 0.495. The lowest BCUT2D eigenvalue weighted by Gasteiger charge is -2.13. The van der Waals surface area contributed by atoms with Crippen molar-refractivity contribution in [2.75, 3.05) is 6.61 Å². The Kier molecular flexibility index (Phi) is 3.23. The molecule has 1 saturated carbocycles. The van der Waals surface area contributed by atoms with E-state index in [2.05, 4.69) is 0 Å². The van der Waals surface area contributed by atoms with E-state index in [4.69, 9.17) is 10.5 Å². The molecule has 1 heterocycles. The summed E-state index contributed by atoms with van der Waals surface area (Å²) in [6, 6.07) is 0.495. The molecular weight excluding hydrogens is 162 g/mol. The van der Waals surface area contributed by atoms with Crippen LogP contribution in [-0.2, 0) is 4.74 Å². The van der Waals surface area contributed by atoms with Gasteiger partial charge in [0.05, 0.1) is 6.10 Å². The van der Waals surface area contributed by atoms with Crippen LogP contribution in [0.5, 0.6) is 0 Å². The van der Waals surface area contributed by atoms with Crippen LogP contribution in [0.15, 0.2) is 0 Å². The Bertz CT molecular complexity index is 154.